The van der Waals surface area contributed by atoms with Gasteiger partial charge in [-0.05, 0) is 19.3 Å². The Bertz CT molecular complexity index is 215. The van der Waals surface area contributed by atoms with Crippen molar-refractivity contribution in [2.75, 3.05) is 6.54 Å². The lowest BCUT2D eigenvalue weighted by molar-refractivity contribution is 0.153. The average Bonchev–Trinajstić information content (AvgIpc) is 2.01. The maximum absolute atomic E-state index is 11.2. The maximum Gasteiger partial charge on any atom is 0.316 e. The van der Waals surface area contributed by atoms with Crippen LogP contribution in [0.4, 0.5) is 4.79 Å². The van der Waals surface area contributed by atoms with Crippen molar-refractivity contribution < 1.29 is 4.79 Å². The fourth-order valence-corrected chi connectivity index (χ4v) is 3.15. The van der Waals surface area contributed by atoms with Crippen molar-refractivity contribution in [2.45, 2.75) is 45.1 Å². The van der Waals surface area contributed by atoms with Gasteiger partial charge in [-0.3, -0.25) is 0 Å². The zero-order valence-electron chi connectivity index (χ0n) is 9.34. The fourth-order valence-electron chi connectivity index (χ4n) is 1.85. The molecule has 0 saturated carbocycles. The molecule has 0 aliphatic carbocycles. The second-order valence-electron chi connectivity index (χ2n) is 4.94. The van der Waals surface area contributed by atoms with E-state index in [1.807, 2.05) is 0 Å². The third-order valence-electron chi connectivity index (χ3n) is 2.39. The molecular formula is C9H21N3OSi. The van der Waals surface area contributed by atoms with Crippen LogP contribution in [-0.4, -0.2) is 31.9 Å². The van der Waals surface area contributed by atoms with E-state index in [1.54, 1.807) is 4.90 Å². The molecule has 1 aliphatic heterocycles. The van der Waals surface area contributed by atoms with Gasteiger partial charge in [0.25, 0.3) is 0 Å². The first-order valence-electron chi connectivity index (χ1n) is 5.24. The van der Waals surface area contributed by atoms with Crippen molar-refractivity contribution >= 4 is 14.3 Å². The number of amides is 2. The number of nitrogens with two attached hydrogens (primary N) is 1. The van der Waals surface area contributed by atoms with Gasteiger partial charge in [-0.1, -0.05) is 19.6 Å². The first-order valence-corrected chi connectivity index (χ1v) is 8.74. The van der Waals surface area contributed by atoms with Gasteiger partial charge in [0.15, 0.2) is 0 Å². The summed E-state index contributed by atoms with van der Waals surface area (Å²) in [7, 11) is -1.33. The third kappa shape index (κ3) is 3.30. The number of primary amides is 1. The van der Waals surface area contributed by atoms with E-state index in [4.69, 9.17) is 5.73 Å². The Hall–Kier alpha value is -0.553. The lowest BCUT2D eigenvalue weighted by Gasteiger charge is -2.38. The largest absolute Gasteiger partial charge is 0.351 e. The zero-order chi connectivity index (χ0) is 10.8. The number of urea groups is 1. The van der Waals surface area contributed by atoms with Gasteiger partial charge in [0, 0.05) is 6.54 Å². The standard InChI is InChI=1S/C9H21N3OSi/c1-14(2,3)11-8-6-4-5-7-12(8)9(10)13/h8,11H,4-7H2,1-3H3,(H2,10,13). The lowest BCUT2D eigenvalue weighted by Crippen LogP contribution is -2.59. The van der Waals surface area contributed by atoms with E-state index in [1.165, 1.54) is 6.42 Å². The first-order chi connectivity index (χ1) is 6.40. The van der Waals surface area contributed by atoms with Crippen LogP contribution in [0.2, 0.25) is 19.6 Å². The van der Waals surface area contributed by atoms with Crippen LogP contribution in [0.5, 0.6) is 0 Å². The van der Waals surface area contributed by atoms with Crippen molar-refractivity contribution in [1.82, 2.24) is 9.88 Å². The number of carbonyl (C=O) groups is 1. The van der Waals surface area contributed by atoms with Gasteiger partial charge in [-0.25, -0.2) is 4.79 Å². The Balaban J connectivity index is 2.59. The minimum atomic E-state index is -1.33. The van der Waals surface area contributed by atoms with Crippen molar-refractivity contribution in [2.24, 2.45) is 5.73 Å². The molecular weight excluding hydrogens is 194 g/mol. The molecule has 1 unspecified atom stereocenters. The summed E-state index contributed by atoms with van der Waals surface area (Å²) < 4.78 is 0. The Morgan fingerprint density at radius 1 is 1.43 bits per heavy atom. The number of nitrogens with zero attached hydrogens (tertiary/aromatic N) is 1. The molecule has 14 heavy (non-hydrogen) atoms. The van der Waals surface area contributed by atoms with E-state index in [9.17, 15) is 4.79 Å². The van der Waals surface area contributed by atoms with Crippen LogP contribution in [0, 0.1) is 0 Å². The average molecular weight is 215 g/mol. The molecule has 4 nitrogen and oxygen atoms in total. The van der Waals surface area contributed by atoms with Crippen LogP contribution in [0.15, 0.2) is 0 Å². The van der Waals surface area contributed by atoms with Gasteiger partial charge >= 0.3 is 6.03 Å². The Labute approximate surface area is 86.9 Å². The van der Waals surface area contributed by atoms with Crippen LogP contribution in [0.3, 0.4) is 0 Å². The van der Waals surface area contributed by atoms with E-state index in [0.717, 1.165) is 19.4 Å². The highest BCUT2D eigenvalue weighted by Crippen LogP contribution is 2.16. The molecule has 0 aromatic rings. The van der Waals surface area contributed by atoms with Crippen LogP contribution < -0.4 is 10.7 Å². The highest BCUT2D eigenvalue weighted by atomic mass is 28.3. The van der Waals surface area contributed by atoms with E-state index < -0.39 is 8.24 Å². The van der Waals surface area contributed by atoms with Gasteiger partial charge < -0.3 is 15.6 Å². The summed E-state index contributed by atoms with van der Waals surface area (Å²) in [6, 6.07) is -0.291. The Morgan fingerprint density at radius 3 is 2.57 bits per heavy atom. The summed E-state index contributed by atoms with van der Waals surface area (Å²) in [5.74, 6) is 0. The van der Waals surface area contributed by atoms with Crippen molar-refractivity contribution in [3.63, 3.8) is 0 Å². The molecule has 82 valence electrons. The number of hydrogen-bond acceptors (Lipinski definition) is 2. The molecule has 1 aliphatic rings. The summed E-state index contributed by atoms with van der Waals surface area (Å²) in [6.07, 6.45) is 3.47. The molecule has 1 rings (SSSR count). The fraction of sp³-hybridized carbons (Fsp3) is 0.889. The molecule has 3 N–H and O–H groups in total. The minimum Gasteiger partial charge on any atom is -0.351 e. The van der Waals surface area contributed by atoms with Crippen LogP contribution in [-0.2, 0) is 0 Å². The monoisotopic (exact) mass is 215 g/mol. The molecule has 0 radical (unpaired) electrons. The second kappa shape index (κ2) is 4.31. The molecule has 1 heterocycles. The summed E-state index contributed by atoms with van der Waals surface area (Å²) in [5, 5.41) is 0. The van der Waals surface area contributed by atoms with Crippen molar-refractivity contribution in [3.05, 3.63) is 0 Å². The Kier molecular flexibility index (Phi) is 3.55. The number of likely N-dealkylation sites (tertiary alicyclic amines) is 1. The van der Waals surface area contributed by atoms with Gasteiger partial charge in [-0.2, -0.15) is 0 Å². The van der Waals surface area contributed by atoms with Crippen molar-refractivity contribution in [3.8, 4) is 0 Å². The number of piperidine rings is 1. The van der Waals surface area contributed by atoms with Gasteiger partial charge in [0.05, 0.1) is 6.17 Å². The molecule has 2 amide bonds. The Morgan fingerprint density at radius 2 is 2.07 bits per heavy atom. The van der Waals surface area contributed by atoms with Crippen molar-refractivity contribution in [1.29, 1.82) is 0 Å². The SMILES string of the molecule is C[Si](C)(C)NC1CCCCN1C(N)=O. The van der Waals surface area contributed by atoms with Gasteiger partial charge in [-0.15, -0.1) is 0 Å². The molecule has 0 bridgehead atoms. The number of hydrogen-bond donors (Lipinski definition) is 2. The van der Waals surface area contributed by atoms with Gasteiger partial charge in [0.2, 0.25) is 0 Å². The maximum atomic E-state index is 11.2. The molecule has 0 aromatic carbocycles. The van der Waals surface area contributed by atoms with E-state index in [2.05, 4.69) is 24.6 Å². The summed E-state index contributed by atoms with van der Waals surface area (Å²) in [6.45, 7) is 7.51. The van der Waals surface area contributed by atoms with Crippen LogP contribution >= 0.6 is 0 Å². The van der Waals surface area contributed by atoms with E-state index in [0.29, 0.717) is 0 Å². The van der Waals surface area contributed by atoms with E-state index in [-0.39, 0.29) is 12.2 Å². The summed E-state index contributed by atoms with van der Waals surface area (Å²) >= 11 is 0. The second-order valence-corrected chi connectivity index (χ2v) is 9.73. The highest BCUT2D eigenvalue weighted by Gasteiger charge is 2.28. The minimum absolute atomic E-state index is 0.174. The molecule has 0 aromatic heterocycles. The number of rotatable bonds is 2. The summed E-state index contributed by atoms with van der Waals surface area (Å²) in [5.41, 5.74) is 5.34. The first kappa shape index (κ1) is 11.5. The molecule has 5 heteroatoms. The third-order valence-corrected chi connectivity index (χ3v) is 3.58. The predicted molar refractivity (Wildman–Crippen MR) is 60.4 cm³/mol. The lowest BCUT2D eigenvalue weighted by atomic mass is 10.1. The number of nitrogens with one attached hydrogen (secondary N) is 1. The topological polar surface area (TPSA) is 58.4 Å². The zero-order valence-corrected chi connectivity index (χ0v) is 10.3. The van der Waals surface area contributed by atoms with Crippen LogP contribution in [0.1, 0.15) is 19.3 Å². The molecule has 1 saturated heterocycles. The number of carbonyl (C=O) groups excluding carboxylic acids is 1. The summed E-state index contributed by atoms with van der Waals surface area (Å²) in [4.78, 5) is 16.5. The molecule has 1 atom stereocenters. The van der Waals surface area contributed by atoms with Gasteiger partial charge in [0.1, 0.15) is 8.24 Å². The smallest absolute Gasteiger partial charge is 0.316 e. The van der Waals surface area contributed by atoms with Crippen LogP contribution in [0.25, 0.3) is 0 Å². The molecule has 1 fully saturated rings. The highest BCUT2D eigenvalue weighted by molar-refractivity contribution is 6.73. The predicted octanol–water partition coefficient (Wildman–Crippen LogP) is 1.30. The quantitative estimate of drug-likeness (QED) is 0.682. The normalized spacial score (nSPS) is 23.6. The van der Waals surface area contributed by atoms with E-state index >= 15 is 0 Å². The molecule has 0 spiro atoms.